The van der Waals surface area contributed by atoms with Gasteiger partial charge in [0.1, 0.15) is 5.65 Å². The van der Waals surface area contributed by atoms with E-state index in [1.54, 1.807) is 0 Å². The van der Waals surface area contributed by atoms with Crippen molar-refractivity contribution in [1.29, 1.82) is 0 Å². The maximum absolute atomic E-state index is 10.6. The highest BCUT2D eigenvalue weighted by Crippen LogP contribution is 2.31. The van der Waals surface area contributed by atoms with E-state index >= 15 is 0 Å². The van der Waals surface area contributed by atoms with Crippen LogP contribution in [0.1, 0.15) is 11.1 Å². The number of halogens is 3. The molecule has 0 unspecified atom stereocenters. The van der Waals surface area contributed by atoms with Crippen molar-refractivity contribution in [2.75, 3.05) is 28.2 Å². The molecule has 9 heteroatoms. The van der Waals surface area contributed by atoms with Crippen LogP contribution < -0.4 is 0 Å². The molecule has 4 rings (SSSR count). The summed E-state index contributed by atoms with van der Waals surface area (Å²) < 4.78 is 31.7. The minimum Gasteiger partial charge on any atom is -0.475 e. The maximum atomic E-state index is 10.6. The maximum Gasteiger partial charge on any atom is 0.490 e. The number of carbonyl (C=O) groups is 1. The molecule has 0 atom stereocenters. The Hall–Kier alpha value is -3.69. The Labute approximate surface area is 208 Å². The number of fused-ring (bicyclic) bond motifs is 1. The molecule has 0 aliphatic carbocycles. The second-order valence-electron chi connectivity index (χ2n) is 8.98. The standard InChI is InChI=1S/C25H28N4.C2HF3O2/c1-28(2)16-18-5-9-20(10-6-18)22-13-14-26-25-23(22)15-24(27-25)21-11-7-19(8-12-21)17-29(3)4;3-2(4,5)1(6)7/h5-15H,16-17H2,1-4H3,(H,26,27);(H,6,7). The number of aromatic nitrogens is 2. The first-order valence-electron chi connectivity index (χ1n) is 11.2. The van der Waals surface area contributed by atoms with Crippen molar-refractivity contribution in [3.05, 3.63) is 78.0 Å². The topological polar surface area (TPSA) is 72.5 Å². The molecule has 2 N–H and O–H groups in total. The van der Waals surface area contributed by atoms with E-state index in [1.165, 1.54) is 27.8 Å². The summed E-state index contributed by atoms with van der Waals surface area (Å²) in [6, 6.07) is 21.9. The van der Waals surface area contributed by atoms with Crippen molar-refractivity contribution in [3.63, 3.8) is 0 Å². The summed E-state index contributed by atoms with van der Waals surface area (Å²) in [5.41, 5.74) is 8.25. The van der Waals surface area contributed by atoms with Crippen LogP contribution in [0.15, 0.2) is 66.9 Å². The molecule has 2 aromatic heterocycles. The number of rotatable bonds is 6. The number of alkyl halides is 3. The lowest BCUT2D eigenvalue weighted by Crippen LogP contribution is -2.21. The van der Waals surface area contributed by atoms with Crippen LogP contribution in [-0.2, 0) is 17.9 Å². The third-order valence-electron chi connectivity index (χ3n) is 5.30. The number of carboxylic acid groups (broad SMARTS) is 1. The van der Waals surface area contributed by atoms with E-state index in [2.05, 4.69) is 109 Å². The predicted molar refractivity (Wildman–Crippen MR) is 135 cm³/mol. The average Bonchev–Trinajstić information content (AvgIpc) is 3.24. The van der Waals surface area contributed by atoms with Gasteiger partial charge < -0.3 is 19.9 Å². The first kappa shape index (κ1) is 26.9. The van der Waals surface area contributed by atoms with Crippen molar-refractivity contribution < 1.29 is 23.1 Å². The third-order valence-corrected chi connectivity index (χ3v) is 5.30. The van der Waals surface area contributed by atoms with Crippen molar-refractivity contribution in [2.45, 2.75) is 19.3 Å². The van der Waals surface area contributed by atoms with Gasteiger partial charge in [-0.3, -0.25) is 0 Å². The Morgan fingerprint density at radius 3 is 1.78 bits per heavy atom. The van der Waals surface area contributed by atoms with Crippen LogP contribution in [0.5, 0.6) is 0 Å². The van der Waals surface area contributed by atoms with Gasteiger partial charge >= 0.3 is 12.1 Å². The lowest BCUT2D eigenvalue weighted by atomic mass is 10.0. The second-order valence-corrected chi connectivity index (χ2v) is 8.98. The summed E-state index contributed by atoms with van der Waals surface area (Å²) in [4.78, 5) is 21.3. The number of aliphatic carboxylic acids is 1. The van der Waals surface area contributed by atoms with E-state index in [0.717, 1.165) is 29.8 Å². The van der Waals surface area contributed by atoms with E-state index in [-0.39, 0.29) is 0 Å². The van der Waals surface area contributed by atoms with Gasteiger partial charge in [-0.25, -0.2) is 9.78 Å². The molecule has 0 bridgehead atoms. The number of hydrogen-bond donors (Lipinski definition) is 2. The van der Waals surface area contributed by atoms with Crippen LogP contribution in [0, 0.1) is 0 Å². The van der Waals surface area contributed by atoms with Gasteiger partial charge in [0.05, 0.1) is 0 Å². The summed E-state index contributed by atoms with van der Waals surface area (Å²) in [6.45, 7) is 1.90. The van der Waals surface area contributed by atoms with E-state index in [4.69, 9.17) is 9.90 Å². The Bertz CT molecular complexity index is 1300. The molecule has 2 heterocycles. The van der Waals surface area contributed by atoms with Gasteiger partial charge in [0.25, 0.3) is 0 Å². The lowest BCUT2D eigenvalue weighted by Gasteiger charge is -2.10. The molecule has 0 saturated carbocycles. The highest BCUT2D eigenvalue weighted by Gasteiger charge is 2.38. The average molecular weight is 499 g/mol. The van der Waals surface area contributed by atoms with Crippen molar-refractivity contribution >= 4 is 17.0 Å². The number of carboxylic acids is 1. The molecule has 0 aliphatic heterocycles. The number of hydrogen-bond acceptors (Lipinski definition) is 4. The lowest BCUT2D eigenvalue weighted by molar-refractivity contribution is -0.192. The highest BCUT2D eigenvalue weighted by atomic mass is 19.4. The molecule has 6 nitrogen and oxygen atoms in total. The van der Waals surface area contributed by atoms with E-state index < -0.39 is 12.1 Å². The van der Waals surface area contributed by atoms with E-state index in [9.17, 15) is 13.2 Å². The minimum atomic E-state index is -5.08. The van der Waals surface area contributed by atoms with E-state index in [1.807, 2.05) is 6.20 Å². The molecule has 190 valence electrons. The number of pyridine rings is 1. The van der Waals surface area contributed by atoms with E-state index in [0.29, 0.717) is 0 Å². The fourth-order valence-corrected chi connectivity index (χ4v) is 3.74. The zero-order valence-electron chi connectivity index (χ0n) is 20.6. The largest absolute Gasteiger partial charge is 0.490 e. The molecule has 0 aliphatic rings. The number of benzene rings is 2. The summed E-state index contributed by atoms with van der Waals surface area (Å²) >= 11 is 0. The summed E-state index contributed by atoms with van der Waals surface area (Å²) in [5.74, 6) is -2.76. The van der Waals surface area contributed by atoms with Crippen LogP contribution in [-0.4, -0.2) is 65.2 Å². The fraction of sp³-hybridized carbons (Fsp3) is 0.259. The van der Waals surface area contributed by atoms with Gasteiger partial charge in [0.2, 0.25) is 0 Å². The quantitative estimate of drug-likeness (QED) is 0.359. The summed E-state index contributed by atoms with van der Waals surface area (Å²) in [6.07, 6.45) is -3.20. The molecule has 36 heavy (non-hydrogen) atoms. The smallest absolute Gasteiger partial charge is 0.475 e. The fourth-order valence-electron chi connectivity index (χ4n) is 3.74. The van der Waals surface area contributed by atoms with Crippen LogP contribution in [0.25, 0.3) is 33.4 Å². The Kier molecular flexibility index (Phi) is 8.49. The first-order chi connectivity index (χ1) is 16.9. The molecule has 2 aromatic carbocycles. The van der Waals surface area contributed by atoms with Gasteiger partial charge in [0, 0.05) is 30.4 Å². The molecule has 0 amide bonds. The molecule has 0 fully saturated rings. The van der Waals surface area contributed by atoms with Gasteiger partial charge in [-0.2, -0.15) is 13.2 Å². The normalized spacial score (nSPS) is 11.6. The summed E-state index contributed by atoms with van der Waals surface area (Å²) in [7, 11) is 8.36. The van der Waals surface area contributed by atoms with Crippen LogP contribution >= 0.6 is 0 Å². The number of nitrogens with zero attached hydrogens (tertiary/aromatic N) is 3. The Morgan fingerprint density at radius 1 is 0.861 bits per heavy atom. The zero-order chi connectivity index (χ0) is 26.5. The van der Waals surface area contributed by atoms with Gasteiger partial charge in [-0.05, 0) is 68.1 Å². The van der Waals surface area contributed by atoms with Crippen LogP contribution in [0.4, 0.5) is 13.2 Å². The molecule has 4 aromatic rings. The minimum absolute atomic E-state index is 0.923. The molecular weight excluding hydrogens is 469 g/mol. The Morgan fingerprint density at radius 2 is 1.33 bits per heavy atom. The molecule has 0 spiro atoms. The highest BCUT2D eigenvalue weighted by molar-refractivity contribution is 5.96. The monoisotopic (exact) mass is 498 g/mol. The summed E-state index contributed by atoms with van der Waals surface area (Å²) in [5, 5.41) is 8.28. The van der Waals surface area contributed by atoms with Crippen molar-refractivity contribution in [2.24, 2.45) is 0 Å². The van der Waals surface area contributed by atoms with Gasteiger partial charge in [-0.1, -0.05) is 48.5 Å². The third kappa shape index (κ3) is 7.16. The van der Waals surface area contributed by atoms with Crippen molar-refractivity contribution in [3.8, 4) is 22.4 Å². The SMILES string of the molecule is CN(C)Cc1ccc(-c2cc3c(-c4ccc(CN(C)C)cc4)ccnc3[nH]2)cc1.O=C(O)C(F)(F)F. The van der Waals surface area contributed by atoms with Crippen molar-refractivity contribution in [1.82, 2.24) is 19.8 Å². The van der Waals surface area contributed by atoms with Gasteiger partial charge in [0.15, 0.2) is 0 Å². The second kappa shape index (κ2) is 11.4. The zero-order valence-corrected chi connectivity index (χ0v) is 20.6. The molecule has 0 radical (unpaired) electrons. The van der Waals surface area contributed by atoms with Crippen LogP contribution in [0.3, 0.4) is 0 Å². The molecule has 0 saturated heterocycles. The number of nitrogens with one attached hydrogen (secondary N) is 1. The molecular formula is C27H29F3N4O2. The Balaban J connectivity index is 0.000000454. The van der Waals surface area contributed by atoms with Gasteiger partial charge in [-0.15, -0.1) is 0 Å². The first-order valence-corrected chi connectivity index (χ1v) is 11.2. The van der Waals surface area contributed by atoms with Crippen LogP contribution in [0.2, 0.25) is 0 Å². The number of aromatic amines is 1. The number of H-pyrrole nitrogens is 1. The predicted octanol–water partition coefficient (Wildman–Crippen LogP) is 5.65.